The lowest BCUT2D eigenvalue weighted by molar-refractivity contribution is 0.293. The molecule has 5 heteroatoms. The predicted molar refractivity (Wildman–Crippen MR) is 96.5 cm³/mol. The Morgan fingerprint density at radius 3 is 2.64 bits per heavy atom. The van der Waals surface area contributed by atoms with Gasteiger partial charge >= 0.3 is 5.63 Å². The average molecular weight is 344 g/mol. The summed E-state index contributed by atoms with van der Waals surface area (Å²) in [7, 11) is 1.56. The second kappa shape index (κ2) is 6.92. The minimum atomic E-state index is -0.415. The number of rotatable bonds is 8. The number of ether oxygens (including phenoxy) is 3. The van der Waals surface area contributed by atoms with Crippen LogP contribution in [0.2, 0.25) is 0 Å². The van der Waals surface area contributed by atoms with E-state index in [4.69, 9.17) is 18.6 Å². The van der Waals surface area contributed by atoms with Gasteiger partial charge in [0.15, 0.2) is 11.3 Å². The zero-order valence-corrected chi connectivity index (χ0v) is 15.0. The quantitative estimate of drug-likeness (QED) is 0.410. The summed E-state index contributed by atoms with van der Waals surface area (Å²) in [6.45, 7) is 8.76. The third-order valence-electron chi connectivity index (χ3n) is 4.55. The van der Waals surface area contributed by atoms with E-state index in [-0.39, 0.29) is 5.60 Å². The molecular formula is C20H24O5. The Labute approximate surface area is 147 Å². The maximum atomic E-state index is 11.5. The van der Waals surface area contributed by atoms with E-state index < -0.39 is 5.63 Å². The lowest BCUT2D eigenvalue weighted by atomic mass is 10.0. The normalized spacial score (nSPS) is 18.1. The highest BCUT2D eigenvalue weighted by atomic mass is 16.6. The van der Waals surface area contributed by atoms with Crippen LogP contribution in [0.4, 0.5) is 0 Å². The fraction of sp³-hybridized carbons (Fsp3) is 0.450. The van der Waals surface area contributed by atoms with E-state index in [1.165, 1.54) is 6.07 Å². The Balaban J connectivity index is 1.61. The number of hydrogen-bond acceptors (Lipinski definition) is 5. The van der Waals surface area contributed by atoms with Gasteiger partial charge in [-0.1, -0.05) is 12.2 Å². The predicted octanol–water partition coefficient (Wildman–Crippen LogP) is 4.08. The van der Waals surface area contributed by atoms with Gasteiger partial charge in [-0.25, -0.2) is 4.79 Å². The Morgan fingerprint density at radius 2 is 1.96 bits per heavy atom. The lowest BCUT2D eigenvalue weighted by Crippen LogP contribution is -2.05. The van der Waals surface area contributed by atoms with Crippen molar-refractivity contribution in [1.29, 1.82) is 0 Å². The largest absolute Gasteiger partial charge is 0.493 e. The molecular weight excluding hydrogens is 320 g/mol. The summed E-state index contributed by atoms with van der Waals surface area (Å²) < 4.78 is 22.1. The summed E-state index contributed by atoms with van der Waals surface area (Å²) in [6, 6.07) is 6.74. The fourth-order valence-electron chi connectivity index (χ4n) is 2.88. The van der Waals surface area contributed by atoms with Gasteiger partial charge in [0.2, 0.25) is 5.75 Å². The molecule has 134 valence electrons. The van der Waals surface area contributed by atoms with Crippen LogP contribution in [0.5, 0.6) is 11.5 Å². The Morgan fingerprint density at radius 1 is 1.24 bits per heavy atom. The molecule has 3 rings (SSSR count). The van der Waals surface area contributed by atoms with Gasteiger partial charge in [-0.15, -0.1) is 0 Å². The summed E-state index contributed by atoms with van der Waals surface area (Å²) in [5.74, 6) is 0.998. The van der Waals surface area contributed by atoms with E-state index in [9.17, 15) is 4.79 Å². The second-order valence-electron chi connectivity index (χ2n) is 6.87. The average Bonchev–Trinajstić information content (AvgIpc) is 3.20. The van der Waals surface area contributed by atoms with Crippen LogP contribution in [0.3, 0.4) is 0 Å². The first-order valence-electron chi connectivity index (χ1n) is 8.49. The van der Waals surface area contributed by atoms with Crippen LogP contribution >= 0.6 is 0 Å². The molecule has 0 unspecified atom stereocenters. The molecule has 0 aliphatic carbocycles. The van der Waals surface area contributed by atoms with E-state index in [1.54, 1.807) is 19.2 Å². The number of methoxy groups -OCH3 is 1. The van der Waals surface area contributed by atoms with E-state index in [1.807, 2.05) is 6.07 Å². The molecule has 1 aromatic heterocycles. The standard InChI is InChI=1S/C20H24O5/c1-13(5-9-16-20(2,3)25-16)11-12-23-19-15(22-4)8-6-14-7-10-17(21)24-18(14)19/h6-8,10,16H,1,5,9,11-12H2,2-4H3/t16-/m0/s1. The van der Waals surface area contributed by atoms with Gasteiger partial charge in [0, 0.05) is 17.9 Å². The minimum Gasteiger partial charge on any atom is -0.493 e. The third-order valence-corrected chi connectivity index (χ3v) is 4.55. The molecule has 2 heterocycles. The molecule has 2 aromatic rings. The monoisotopic (exact) mass is 344 g/mol. The van der Waals surface area contributed by atoms with Gasteiger partial charge in [-0.3, -0.25) is 0 Å². The highest BCUT2D eigenvalue weighted by molar-refractivity contribution is 5.85. The zero-order valence-electron chi connectivity index (χ0n) is 15.0. The molecule has 0 N–H and O–H groups in total. The van der Waals surface area contributed by atoms with Crippen molar-refractivity contribution in [2.75, 3.05) is 13.7 Å². The molecule has 0 radical (unpaired) electrons. The highest BCUT2D eigenvalue weighted by Gasteiger charge is 2.46. The smallest absolute Gasteiger partial charge is 0.336 e. The minimum absolute atomic E-state index is 0.0185. The van der Waals surface area contributed by atoms with Crippen molar-refractivity contribution in [3.8, 4) is 11.5 Å². The van der Waals surface area contributed by atoms with E-state index in [0.717, 1.165) is 30.2 Å². The first kappa shape index (κ1) is 17.5. The molecule has 1 aliphatic rings. The maximum Gasteiger partial charge on any atom is 0.336 e. The SMILES string of the molecule is C=C(CCOc1c(OC)ccc2ccc(=O)oc12)CC[C@@H]1OC1(C)C. The lowest BCUT2D eigenvalue weighted by Gasteiger charge is -2.13. The zero-order chi connectivity index (χ0) is 18.0. The molecule has 0 bridgehead atoms. The third kappa shape index (κ3) is 4.04. The van der Waals surface area contributed by atoms with Crippen LogP contribution in [0.1, 0.15) is 33.1 Å². The molecule has 25 heavy (non-hydrogen) atoms. The van der Waals surface area contributed by atoms with Gasteiger partial charge in [0.05, 0.1) is 25.4 Å². The summed E-state index contributed by atoms with van der Waals surface area (Å²) in [5.41, 5.74) is 1.13. The van der Waals surface area contributed by atoms with Crippen molar-refractivity contribution in [2.45, 2.75) is 44.8 Å². The van der Waals surface area contributed by atoms with Crippen LogP contribution in [0, 0.1) is 0 Å². The molecule has 0 spiro atoms. The molecule has 0 amide bonds. The van der Waals surface area contributed by atoms with E-state index in [0.29, 0.717) is 29.8 Å². The maximum absolute atomic E-state index is 11.5. The van der Waals surface area contributed by atoms with Gasteiger partial charge < -0.3 is 18.6 Å². The summed E-state index contributed by atoms with van der Waals surface area (Å²) >= 11 is 0. The van der Waals surface area contributed by atoms with Gasteiger partial charge in [0.1, 0.15) is 0 Å². The first-order valence-corrected chi connectivity index (χ1v) is 8.49. The van der Waals surface area contributed by atoms with E-state index >= 15 is 0 Å². The Bertz CT molecular complexity index is 834. The molecule has 1 atom stereocenters. The molecule has 1 fully saturated rings. The van der Waals surface area contributed by atoms with Crippen LogP contribution in [-0.4, -0.2) is 25.4 Å². The topological polar surface area (TPSA) is 61.2 Å². The molecule has 1 aliphatic heterocycles. The van der Waals surface area contributed by atoms with Crippen molar-refractivity contribution in [2.24, 2.45) is 0 Å². The van der Waals surface area contributed by atoms with E-state index in [2.05, 4.69) is 20.4 Å². The molecule has 1 saturated heterocycles. The summed E-state index contributed by atoms with van der Waals surface area (Å²) in [6.07, 6.45) is 2.96. The van der Waals surface area contributed by atoms with Crippen molar-refractivity contribution in [1.82, 2.24) is 0 Å². The van der Waals surface area contributed by atoms with Gasteiger partial charge in [-0.05, 0) is 44.9 Å². The Kier molecular flexibility index (Phi) is 4.86. The van der Waals surface area contributed by atoms with Gasteiger partial charge in [-0.2, -0.15) is 0 Å². The fourth-order valence-corrected chi connectivity index (χ4v) is 2.88. The van der Waals surface area contributed by atoms with Crippen molar-refractivity contribution in [3.63, 3.8) is 0 Å². The first-order chi connectivity index (χ1) is 11.9. The number of epoxide rings is 1. The summed E-state index contributed by atoms with van der Waals surface area (Å²) in [4.78, 5) is 11.5. The number of benzene rings is 1. The molecule has 0 saturated carbocycles. The van der Waals surface area contributed by atoms with Crippen LogP contribution in [-0.2, 0) is 4.74 Å². The number of fused-ring (bicyclic) bond motifs is 1. The van der Waals surface area contributed by atoms with Crippen molar-refractivity contribution in [3.05, 3.63) is 46.8 Å². The highest BCUT2D eigenvalue weighted by Crippen LogP contribution is 2.39. The van der Waals surface area contributed by atoms with Gasteiger partial charge in [0.25, 0.3) is 0 Å². The molecule has 1 aromatic carbocycles. The Hall–Kier alpha value is -2.27. The van der Waals surface area contributed by atoms with Crippen LogP contribution in [0.15, 0.2) is 45.6 Å². The number of hydrogen-bond donors (Lipinski definition) is 0. The van der Waals surface area contributed by atoms with Crippen molar-refractivity contribution < 1.29 is 18.6 Å². The summed E-state index contributed by atoms with van der Waals surface area (Å²) in [5, 5.41) is 0.794. The second-order valence-corrected chi connectivity index (χ2v) is 6.87. The van der Waals surface area contributed by atoms with Crippen LogP contribution in [0.25, 0.3) is 11.0 Å². The van der Waals surface area contributed by atoms with Crippen molar-refractivity contribution >= 4 is 11.0 Å². The molecule has 5 nitrogen and oxygen atoms in total. The van der Waals surface area contributed by atoms with Crippen LogP contribution < -0.4 is 15.1 Å².